The highest BCUT2D eigenvalue weighted by atomic mass is 16.4. The van der Waals surface area contributed by atoms with Gasteiger partial charge in [0.2, 0.25) is 0 Å². The zero-order chi connectivity index (χ0) is 14.3. The van der Waals surface area contributed by atoms with Crippen molar-refractivity contribution in [2.75, 3.05) is 18.0 Å². The van der Waals surface area contributed by atoms with Crippen LogP contribution in [0.2, 0.25) is 0 Å². The molecule has 6 nitrogen and oxygen atoms in total. The molecule has 3 heterocycles. The zero-order valence-corrected chi connectivity index (χ0v) is 11.2. The largest absolute Gasteiger partial charge is 0.476 e. The number of aliphatic hydroxyl groups excluding tert-OH is 1. The number of rotatable bonds is 2. The SMILES string of the molecule is CC1CN(c2nc3ccccn3c2C(=O)O)CCC1O. The highest BCUT2D eigenvalue weighted by Gasteiger charge is 2.29. The number of aromatic carboxylic acids is 1. The van der Waals surface area contributed by atoms with Crippen LogP contribution < -0.4 is 4.90 Å². The standard InChI is InChI=1S/C14H17N3O3/c1-9-8-16(7-5-10(9)18)13-12(14(19)20)17-6-3-2-4-11(17)15-13/h2-4,6,9-10,18H,5,7-8H2,1H3,(H,19,20). The molecule has 1 saturated heterocycles. The fourth-order valence-electron chi connectivity index (χ4n) is 2.73. The van der Waals surface area contributed by atoms with Gasteiger partial charge in [0.1, 0.15) is 5.65 Å². The number of aliphatic hydroxyl groups is 1. The molecule has 6 heteroatoms. The van der Waals surface area contributed by atoms with Gasteiger partial charge in [0, 0.05) is 19.3 Å². The number of nitrogens with zero attached hydrogens (tertiary/aromatic N) is 3. The Bertz CT molecular complexity index is 652. The Hall–Kier alpha value is -2.08. The summed E-state index contributed by atoms with van der Waals surface area (Å²) in [6.45, 7) is 3.20. The van der Waals surface area contributed by atoms with Gasteiger partial charge in [-0.25, -0.2) is 9.78 Å². The summed E-state index contributed by atoms with van der Waals surface area (Å²) in [5.74, 6) is -0.393. The van der Waals surface area contributed by atoms with Crippen LogP contribution in [0.4, 0.5) is 5.82 Å². The van der Waals surface area contributed by atoms with Gasteiger partial charge in [0.15, 0.2) is 11.5 Å². The molecule has 1 fully saturated rings. The normalized spacial score (nSPS) is 23.2. The molecule has 1 aliphatic rings. The third kappa shape index (κ3) is 2.02. The Morgan fingerprint density at radius 3 is 2.95 bits per heavy atom. The van der Waals surface area contributed by atoms with Gasteiger partial charge < -0.3 is 15.1 Å². The van der Waals surface area contributed by atoms with E-state index in [0.717, 1.165) is 0 Å². The van der Waals surface area contributed by atoms with Gasteiger partial charge in [-0.05, 0) is 24.5 Å². The van der Waals surface area contributed by atoms with Gasteiger partial charge in [-0.3, -0.25) is 4.40 Å². The van der Waals surface area contributed by atoms with E-state index in [1.807, 2.05) is 17.9 Å². The number of carbonyl (C=O) groups is 1. The van der Waals surface area contributed by atoms with Crippen LogP contribution in [-0.4, -0.2) is 44.8 Å². The minimum atomic E-state index is -0.988. The average molecular weight is 275 g/mol. The molecule has 0 bridgehead atoms. The fraction of sp³-hybridized carbons (Fsp3) is 0.429. The molecule has 2 unspecified atom stereocenters. The van der Waals surface area contributed by atoms with E-state index in [4.69, 9.17) is 0 Å². The molecule has 1 aliphatic heterocycles. The van der Waals surface area contributed by atoms with Crippen molar-refractivity contribution in [2.24, 2.45) is 5.92 Å². The van der Waals surface area contributed by atoms with E-state index in [2.05, 4.69) is 4.98 Å². The lowest BCUT2D eigenvalue weighted by Crippen LogP contribution is -2.42. The van der Waals surface area contributed by atoms with Crippen LogP contribution in [0.25, 0.3) is 5.65 Å². The Morgan fingerprint density at radius 1 is 1.45 bits per heavy atom. The van der Waals surface area contributed by atoms with E-state index in [-0.39, 0.29) is 17.7 Å². The molecular formula is C14H17N3O3. The van der Waals surface area contributed by atoms with E-state index in [0.29, 0.717) is 31.0 Å². The topological polar surface area (TPSA) is 78.1 Å². The predicted molar refractivity (Wildman–Crippen MR) is 74.2 cm³/mol. The van der Waals surface area contributed by atoms with Crippen LogP contribution in [0, 0.1) is 5.92 Å². The Labute approximate surface area is 116 Å². The van der Waals surface area contributed by atoms with E-state index in [1.54, 1.807) is 22.7 Å². The second-order valence-corrected chi connectivity index (χ2v) is 5.30. The van der Waals surface area contributed by atoms with Crippen molar-refractivity contribution < 1.29 is 15.0 Å². The summed E-state index contributed by atoms with van der Waals surface area (Å²) in [5, 5.41) is 19.3. The smallest absolute Gasteiger partial charge is 0.356 e. The second kappa shape index (κ2) is 4.79. The van der Waals surface area contributed by atoms with Gasteiger partial charge in [0.25, 0.3) is 0 Å². The maximum atomic E-state index is 11.5. The molecule has 0 saturated carbocycles. The van der Waals surface area contributed by atoms with Gasteiger partial charge in [-0.1, -0.05) is 13.0 Å². The first-order chi connectivity index (χ1) is 9.58. The lowest BCUT2D eigenvalue weighted by molar-refractivity contribution is 0.0689. The van der Waals surface area contributed by atoms with Crippen molar-refractivity contribution in [1.82, 2.24) is 9.38 Å². The van der Waals surface area contributed by atoms with Gasteiger partial charge >= 0.3 is 5.97 Å². The number of piperidine rings is 1. The lowest BCUT2D eigenvalue weighted by atomic mass is 9.97. The Balaban J connectivity index is 2.07. The van der Waals surface area contributed by atoms with Crippen LogP contribution in [-0.2, 0) is 0 Å². The van der Waals surface area contributed by atoms with Crippen LogP contribution in [0.1, 0.15) is 23.8 Å². The van der Waals surface area contributed by atoms with Crippen molar-refractivity contribution in [3.8, 4) is 0 Å². The molecule has 0 aliphatic carbocycles. The van der Waals surface area contributed by atoms with E-state index in [1.165, 1.54) is 0 Å². The molecule has 2 N–H and O–H groups in total. The summed E-state index contributed by atoms with van der Waals surface area (Å²) in [5.41, 5.74) is 0.808. The van der Waals surface area contributed by atoms with Crippen molar-refractivity contribution in [1.29, 1.82) is 0 Å². The minimum absolute atomic E-state index is 0.107. The quantitative estimate of drug-likeness (QED) is 0.862. The van der Waals surface area contributed by atoms with Crippen molar-refractivity contribution in [3.63, 3.8) is 0 Å². The van der Waals surface area contributed by atoms with Crippen molar-refractivity contribution in [3.05, 3.63) is 30.1 Å². The molecule has 0 radical (unpaired) electrons. The number of anilines is 1. The van der Waals surface area contributed by atoms with E-state index in [9.17, 15) is 15.0 Å². The Kier molecular flexibility index (Phi) is 3.10. The molecule has 20 heavy (non-hydrogen) atoms. The van der Waals surface area contributed by atoms with Gasteiger partial charge in [0.05, 0.1) is 6.10 Å². The first kappa shape index (κ1) is 12.9. The third-order valence-electron chi connectivity index (χ3n) is 3.87. The van der Waals surface area contributed by atoms with Gasteiger partial charge in [-0.15, -0.1) is 0 Å². The monoisotopic (exact) mass is 275 g/mol. The number of hydrogen-bond donors (Lipinski definition) is 2. The average Bonchev–Trinajstić information content (AvgIpc) is 2.81. The molecule has 2 atom stereocenters. The zero-order valence-electron chi connectivity index (χ0n) is 11.2. The fourth-order valence-corrected chi connectivity index (χ4v) is 2.73. The molecular weight excluding hydrogens is 258 g/mol. The van der Waals surface area contributed by atoms with Crippen LogP contribution in [0.15, 0.2) is 24.4 Å². The molecule has 3 rings (SSSR count). The molecule has 2 aromatic heterocycles. The maximum absolute atomic E-state index is 11.5. The number of carboxylic acids is 1. The highest BCUT2D eigenvalue weighted by Crippen LogP contribution is 2.27. The van der Waals surface area contributed by atoms with E-state index >= 15 is 0 Å². The summed E-state index contributed by atoms with van der Waals surface area (Å²) >= 11 is 0. The summed E-state index contributed by atoms with van der Waals surface area (Å²) in [6, 6.07) is 5.41. The highest BCUT2D eigenvalue weighted by molar-refractivity contribution is 5.93. The summed E-state index contributed by atoms with van der Waals surface area (Å²) in [4.78, 5) is 17.9. The lowest BCUT2D eigenvalue weighted by Gasteiger charge is -2.34. The molecule has 2 aromatic rings. The van der Waals surface area contributed by atoms with E-state index < -0.39 is 5.97 Å². The molecule has 0 amide bonds. The first-order valence-electron chi connectivity index (χ1n) is 6.71. The summed E-state index contributed by atoms with van der Waals surface area (Å²) < 4.78 is 1.59. The van der Waals surface area contributed by atoms with Crippen LogP contribution in [0.3, 0.4) is 0 Å². The van der Waals surface area contributed by atoms with Crippen LogP contribution >= 0.6 is 0 Å². The number of aromatic nitrogens is 2. The molecule has 0 aromatic carbocycles. The summed E-state index contributed by atoms with van der Waals surface area (Å²) in [6.07, 6.45) is 2.02. The number of fused-ring (bicyclic) bond motifs is 1. The number of hydrogen-bond acceptors (Lipinski definition) is 4. The van der Waals surface area contributed by atoms with Crippen molar-refractivity contribution in [2.45, 2.75) is 19.4 Å². The molecule has 0 spiro atoms. The van der Waals surface area contributed by atoms with Crippen LogP contribution in [0.5, 0.6) is 0 Å². The number of carboxylic acid groups (broad SMARTS) is 1. The first-order valence-corrected chi connectivity index (χ1v) is 6.71. The minimum Gasteiger partial charge on any atom is -0.476 e. The number of imidazole rings is 1. The molecule has 106 valence electrons. The second-order valence-electron chi connectivity index (χ2n) is 5.30. The summed E-state index contributed by atoms with van der Waals surface area (Å²) in [7, 11) is 0. The predicted octanol–water partition coefficient (Wildman–Crippen LogP) is 1.24. The number of pyridine rings is 1. The van der Waals surface area contributed by atoms with Gasteiger partial charge in [-0.2, -0.15) is 0 Å². The third-order valence-corrected chi connectivity index (χ3v) is 3.87. The maximum Gasteiger partial charge on any atom is 0.356 e. The Morgan fingerprint density at radius 2 is 2.25 bits per heavy atom. The van der Waals surface area contributed by atoms with Crippen molar-refractivity contribution >= 4 is 17.4 Å².